The van der Waals surface area contributed by atoms with Crippen molar-refractivity contribution < 1.29 is 9.47 Å². The van der Waals surface area contributed by atoms with Crippen LogP contribution in [0.1, 0.15) is 0 Å². The standard InChI is InChI=1S/C20H29N9O2/c1-26-4-6-27(7-5-26)18-21-3-2-16(22-18)17-23-19(28-8-12-30-13-9-28)25-20(24-17)29-10-14-31-15-11-29/h2-3H,4-15H2,1H3. The zero-order valence-corrected chi connectivity index (χ0v) is 18.0. The van der Waals surface area contributed by atoms with Crippen molar-refractivity contribution >= 4 is 17.8 Å². The summed E-state index contributed by atoms with van der Waals surface area (Å²) in [5.74, 6) is 2.66. The van der Waals surface area contributed by atoms with E-state index >= 15 is 0 Å². The molecule has 3 aliphatic heterocycles. The summed E-state index contributed by atoms with van der Waals surface area (Å²) < 4.78 is 11.0. The fraction of sp³-hybridized carbons (Fsp3) is 0.650. The number of rotatable bonds is 4. The van der Waals surface area contributed by atoms with Crippen molar-refractivity contribution in [2.45, 2.75) is 0 Å². The quantitative estimate of drug-likeness (QED) is 0.646. The van der Waals surface area contributed by atoms with E-state index in [2.05, 4.69) is 31.6 Å². The first-order valence-electron chi connectivity index (χ1n) is 10.9. The van der Waals surface area contributed by atoms with E-state index in [4.69, 9.17) is 29.4 Å². The van der Waals surface area contributed by atoms with Crippen LogP contribution in [0.25, 0.3) is 11.5 Å². The Balaban J connectivity index is 1.47. The van der Waals surface area contributed by atoms with Crippen LogP contribution >= 0.6 is 0 Å². The summed E-state index contributed by atoms with van der Waals surface area (Å²) in [5, 5.41) is 0. The Kier molecular flexibility index (Phi) is 6.05. The molecule has 5 rings (SSSR count). The maximum Gasteiger partial charge on any atom is 0.230 e. The summed E-state index contributed by atoms with van der Waals surface area (Å²) >= 11 is 0. The highest BCUT2D eigenvalue weighted by molar-refractivity contribution is 5.56. The molecule has 3 aliphatic rings. The zero-order valence-electron chi connectivity index (χ0n) is 18.0. The minimum atomic E-state index is 0.579. The number of anilines is 3. The Hall–Kier alpha value is -2.63. The number of likely N-dealkylation sites (N-methyl/N-ethyl adjacent to an activating group) is 1. The van der Waals surface area contributed by atoms with Crippen LogP contribution in [0.2, 0.25) is 0 Å². The lowest BCUT2D eigenvalue weighted by molar-refractivity contribution is 0.121. The van der Waals surface area contributed by atoms with Crippen LogP contribution in [0.4, 0.5) is 17.8 Å². The molecular formula is C20H29N9O2. The molecule has 166 valence electrons. The van der Waals surface area contributed by atoms with Gasteiger partial charge in [0.15, 0.2) is 5.82 Å². The van der Waals surface area contributed by atoms with Gasteiger partial charge in [0, 0.05) is 58.6 Å². The summed E-state index contributed by atoms with van der Waals surface area (Å²) in [7, 11) is 2.14. The molecule has 0 unspecified atom stereocenters. The van der Waals surface area contributed by atoms with Gasteiger partial charge in [-0.25, -0.2) is 9.97 Å². The second-order valence-corrected chi connectivity index (χ2v) is 7.99. The lowest BCUT2D eigenvalue weighted by Crippen LogP contribution is -2.45. The van der Waals surface area contributed by atoms with E-state index in [1.165, 1.54) is 0 Å². The number of piperazine rings is 1. The van der Waals surface area contributed by atoms with Crippen molar-refractivity contribution in [2.75, 3.05) is 101 Å². The zero-order chi connectivity index (χ0) is 21.0. The Labute approximate surface area is 182 Å². The molecule has 0 aliphatic carbocycles. The van der Waals surface area contributed by atoms with Gasteiger partial charge in [-0.1, -0.05) is 0 Å². The fourth-order valence-electron chi connectivity index (χ4n) is 3.91. The largest absolute Gasteiger partial charge is 0.378 e. The first-order valence-corrected chi connectivity index (χ1v) is 10.9. The van der Waals surface area contributed by atoms with Crippen molar-refractivity contribution in [1.29, 1.82) is 0 Å². The summed E-state index contributed by atoms with van der Waals surface area (Å²) in [4.78, 5) is 32.5. The maximum absolute atomic E-state index is 5.50. The number of hydrogen-bond acceptors (Lipinski definition) is 11. The van der Waals surface area contributed by atoms with Crippen molar-refractivity contribution in [3.05, 3.63) is 12.3 Å². The molecule has 5 heterocycles. The Bertz CT molecular complexity index is 842. The fourth-order valence-corrected chi connectivity index (χ4v) is 3.91. The lowest BCUT2D eigenvalue weighted by Gasteiger charge is -2.32. The first kappa shape index (κ1) is 20.3. The monoisotopic (exact) mass is 427 g/mol. The number of morpholine rings is 2. The van der Waals surface area contributed by atoms with Crippen molar-refractivity contribution in [3.8, 4) is 11.5 Å². The van der Waals surface area contributed by atoms with Gasteiger partial charge in [-0.05, 0) is 13.1 Å². The summed E-state index contributed by atoms with van der Waals surface area (Å²) in [6, 6.07) is 1.88. The molecule has 0 radical (unpaired) electrons. The number of hydrogen-bond donors (Lipinski definition) is 0. The third kappa shape index (κ3) is 4.68. The number of ether oxygens (including phenoxy) is 2. The smallest absolute Gasteiger partial charge is 0.230 e. The second-order valence-electron chi connectivity index (χ2n) is 7.99. The van der Waals surface area contributed by atoms with Crippen LogP contribution in [0.15, 0.2) is 12.3 Å². The van der Waals surface area contributed by atoms with Gasteiger partial charge >= 0.3 is 0 Å². The third-order valence-electron chi connectivity index (χ3n) is 5.86. The highest BCUT2D eigenvalue weighted by atomic mass is 16.5. The third-order valence-corrected chi connectivity index (χ3v) is 5.86. The molecule has 3 saturated heterocycles. The summed E-state index contributed by atoms with van der Waals surface area (Å²) in [6.07, 6.45) is 1.79. The van der Waals surface area contributed by atoms with E-state index in [0.717, 1.165) is 64.0 Å². The average Bonchev–Trinajstić information content (AvgIpc) is 2.85. The van der Waals surface area contributed by atoms with E-state index in [1.54, 1.807) is 6.20 Å². The molecule has 2 aromatic rings. The minimum Gasteiger partial charge on any atom is -0.378 e. The van der Waals surface area contributed by atoms with E-state index in [-0.39, 0.29) is 0 Å². The van der Waals surface area contributed by atoms with Crippen LogP contribution in [-0.4, -0.2) is 116 Å². The van der Waals surface area contributed by atoms with Gasteiger partial charge in [0.25, 0.3) is 0 Å². The Morgan fingerprint density at radius 1 is 0.645 bits per heavy atom. The molecule has 31 heavy (non-hydrogen) atoms. The molecule has 0 aromatic carbocycles. The maximum atomic E-state index is 5.50. The Morgan fingerprint density at radius 3 is 1.77 bits per heavy atom. The highest BCUT2D eigenvalue weighted by Crippen LogP contribution is 2.23. The molecule has 11 nitrogen and oxygen atoms in total. The highest BCUT2D eigenvalue weighted by Gasteiger charge is 2.23. The van der Waals surface area contributed by atoms with Crippen molar-refractivity contribution in [1.82, 2.24) is 29.8 Å². The van der Waals surface area contributed by atoms with Gasteiger partial charge in [-0.2, -0.15) is 15.0 Å². The van der Waals surface area contributed by atoms with E-state index in [1.807, 2.05) is 6.07 Å². The molecule has 0 bridgehead atoms. The van der Waals surface area contributed by atoms with Gasteiger partial charge in [-0.15, -0.1) is 0 Å². The van der Waals surface area contributed by atoms with E-state index in [0.29, 0.717) is 44.1 Å². The molecule has 11 heteroatoms. The molecule has 0 saturated carbocycles. The number of nitrogens with zero attached hydrogens (tertiary/aromatic N) is 9. The molecular weight excluding hydrogens is 398 g/mol. The van der Waals surface area contributed by atoms with Gasteiger partial charge in [0.2, 0.25) is 17.8 Å². The van der Waals surface area contributed by atoms with Crippen LogP contribution in [0.3, 0.4) is 0 Å². The Morgan fingerprint density at radius 2 is 1.19 bits per heavy atom. The lowest BCUT2D eigenvalue weighted by atomic mass is 10.3. The van der Waals surface area contributed by atoms with Gasteiger partial charge in [0.1, 0.15) is 5.69 Å². The van der Waals surface area contributed by atoms with Crippen molar-refractivity contribution in [2.24, 2.45) is 0 Å². The molecule has 0 N–H and O–H groups in total. The second kappa shape index (κ2) is 9.25. The van der Waals surface area contributed by atoms with Gasteiger partial charge in [-0.3, -0.25) is 0 Å². The van der Waals surface area contributed by atoms with Crippen LogP contribution in [-0.2, 0) is 9.47 Å². The summed E-state index contributed by atoms with van der Waals surface area (Å²) in [6.45, 7) is 9.59. The van der Waals surface area contributed by atoms with Crippen LogP contribution in [0, 0.1) is 0 Å². The molecule has 0 spiro atoms. The van der Waals surface area contributed by atoms with Gasteiger partial charge in [0.05, 0.1) is 26.4 Å². The SMILES string of the molecule is CN1CCN(c2nccc(-c3nc(N4CCOCC4)nc(N4CCOCC4)n3)n2)CC1. The van der Waals surface area contributed by atoms with Crippen molar-refractivity contribution in [3.63, 3.8) is 0 Å². The molecule has 3 fully saturated rings. The molecule has 0 atom stereocenters. The predicted octanol–water partition coefficient (Wildman–Crippen LogP) is -0.246. The average molecular weight is 428 g/mol. The first-order chi connectivity index (χ1) is 15.3. The predicted molar refractivity (Wildman–Crippen MR) is 117 cm³/mol. The summed E-state index contributed by atoms with van der Waals surface area (Å²) in [5.41, 5.74) is 0.718. The minimum absolute atomic E-state index is 0.579. The van der Waals surface area contributed by atoms with E-state index in [9.17, 15) is 0 Å². The normalized spacial score (nSPS) is 20.9. The topological polar surface area (TPSA) is 95.9 Å². The number of aromatic nitrogens is 5. The molecule has 2 aromatic heterocycles. The molecule has 0 amide bonds. The van der Waals surface area contributed by atoms with Crippen LogP contribution in [0.5, 0.6) is 0 Å². The van der Waals surface area contributed by atoms with E-state index < -0.39 is 0 Å². The van der Waals surface area contributed by atoms with Gasteiger partial charge < -0.3 is 29.1 Å². The van der Waals surface area contributed by atoms with Crippen LogP contribution < -0.4 is 14.7 Å².